The molecule has 3 aromatic heterocycles. The fourth-order valence-electron chi connectivity index (χ4n) is 3.92. The molecule has 27 heavy (non-hydrogen) atoms. The van der Waals surface area contributed by atoms with Crippen LogP contribution in [0.1, 0.15) is 28.9 Å². The minimum atomic E-state index is -0.00496. The molecule has 0 spiro atoms. The van der Waals surface area contributed by atoms with E-state index in [1.165, 1.54) is 12.3 Å². The zero-order chi connectivity index (χ0) is 18.5. The van der Waals surface area contributed by atoms with Crippen molar-refractivity contribution in [1.29, 1.82) is 0 Å². The summed E-state index contributed by atoms with van der Waals surface area (Å²) < 4.78 is 11.1. The number of allylic oxidation sites excluding steroid dienone is 1. The van der Waals surface area contributed by atoms with Crippen molar-refractivity contribution >= 4 is 33.6 Å². The largest absolute Gasteiger partial charge is 0.495 e. The first kappa shape index (κ1) is 15.9. The van der Waals surface area contributed by atoms with Gasteiger partial charge in [0.05, 0.1) is 24.5 Å². The number of aromatic nitrogens is 2. The van der Waals surface area contributed by atoms with Crippen LogP contribution in [0.25, 0.3) is 33.6 Å². The molecule has 3 heterocycles. The van der Waals surface area contributed by atoms with Gasteiger partial charge < -0.3 is 14.1 Å². The second kappa shape index (κ2) is 5.84. The number of fused-ring (bicyclic) bond motifs is 4. The predicted octanol–water partition coefficient (Wildman–Crippen LogP) is 4.47. The Kier molecular flexibility index (Phi) is 3.44. The Morgan fingerprint density at radius 1 is 1.22 bits per heavy atom. The van der Waals surface area contributed by atoms with E-state index in [9.17, 15) is 4.79 Å². The first-order chi connectivity index (χ1) is 13.2. The van der Waals surface area contributed by atoms with Crippen molar-refractivity contribution in [3.63, 3.8) is 0 Å². The average Bonchev–Trinajstić information content (AvgIpc) is 3.06. The Labute approximate surface area is 155 Å². The number of aryl methyl sites for hydroxylation is 2. The summed E-state index contributed by atoms with van der Waals surface area (Å²) >= 11 is 0. The normalized spacial score (nSPS) is 13.6. The quantitative estimate of drug-likeness (QED) is 0.574. The van der Waals surface area contributed by atoms with Gasteiger partial charge in [-0.05, 0) is 48.3 Å². The van der Waals surface area contributed by atoms with Crippen LogP contribution in [-0.4, -0.2) is 17.1 Å². The van der Waals surface area contributed by atoms with Crippen LogP contribution < -0.4 is 10.2 Å². The molecule has 0 radical (unpaired) electrons. The van der Waals surface area contributed by atoms with Gasteiger partial charge in [-0.3, -0.25) is 4.79 Å². The highest BCUT2D eigenvalue weighted by atomic mass is 16.5. The fourth-order valence-corrected chi connectivity index (χ4v) is 3.92. The highest BCUT2D eigenvalue weighted by Gasteiger charge is 2.20. The molecule has 1 aliphatic rings. The van der Waals surface area contributed by atoms with Crippen LogP contribution in [0.3, 0.4) is 0 Å². The molecule has 0 atom stereocenters. The number of aromatic amines is 1. The molecule has 5 rings (SSSR count). The second-order valence-corrected chi connectivity index (χ2v) is 6.89. The number of nitrogens with one attached hydrogen (secondary N) is 1. The first-order valence-corrected chi connectivity index (χ1v) is 8.92. The van der Waals surface area contributed by atoms with E-state index in [0.717, 1.165) is 56.6 Å². The van der Waals surface area contributed by atoms with Crippen LogP contribution in [0, 0.1) is 6.92 Å². The molecule has 5 nitrogen and oxygen atoms in total. The molecule has 0 saturated heterocycles. The summed E-state index contributed by atoms with van der Waals surface area (Å²) in [6.07, 6.45) is 6.82. The Hall–Kier alpha value is -3.34. The van der Waals surface area contributed by atoms with Crippen molar-refractivity contribution in [2.45, 2.75) is 19.8 Å². The third kappa shape index (κ3) is 2.39. The molecule has 0 fully saturated rings. The third-order valence-corrected chi connectivity index (χ3v) is 5.21. The van der Waals surface area contributed by atoms with Crippen molar-refractivity contribution in [1.82, 2.24) is 9.97 Å². The van der Waals surface area contributed by atoms with Gasteiger partial charge in [-0.15, -0.1) is 0 Å². The van der Waals surface area contributed by atoms with E-state index >= 15 is 0 Å². The molecule has 0 unspecified atom stereocenters. The number of hydrogen-bond donors (Lipinski definition) is 1. The SMILES string of the molecule is COc1ccc(C2=Cc3c(occc3=O)CC2)c2c1[nH]c1ncc(C)cc12. The topological polar surface area (TPSA) is 68.1 Å². The summed E-state index contributed by atoms with van der Waals surface area (Å²) in [5, 5.41) is 2.14. The molecular weight excluding hydrogens is 340 g/mol. The van der Waals surface area contributed by atoms with E-state index in [4.69, 9.17) is 9.15 Å². The smallest absolute Gasteiger partial charge is 0.192 e. The molecule has 4 aromatic rings. The van der Waals surface area contributed by atoms with Crippen LogP contribution in [0.5, 0.6) is 5.75 Å². The second-order valence-electron chi connectivity index (χ2n) is 6.89. The lowest BCUT2D eigenvalue weighted by Gasteiger charge is -2.16. The van der Waals surface area contributed by atoms with Gasteiger partial charge in [0, 0.05) is 29.5 Å². The van der Waals surface area contributed by atoms with Crippen LogP contribution >= 0.6 is 0 Å². The van der Waals surface area contributed by atoms with Crippen molar-refractivity contribution < 1.29 is 9.15 Å². The zero-order valence-corrected chi connectivity index (χ0v) is 15.1. The first-order valence-electron chi connectivity index (χ1n) is 8.92. The number of benzene rings is 1. The minimum absolute atomic E-state index is 0.00496. The van der Waals surface area contributed by atoms with Crippen LogP contribution in [-0.2, 0) is 6.42 Å². The molecule has 0 aliphatic heterocycles. The van der Waals surface area contributed by atoms with Gasteiger partial charge in [-0.1, -0.05) is 6.07 Å². The lowest BCUT2D eigenvalue weighted by molar-refractivity contribution is 0.419. The van der Waals surface area contributed by atoms with Crippen LogP contribution in [0.2, 0.25) is 0 Å². The number of pyridine rings is 1. The lowest BCUT2D eigenvalue weighted by Crippen LogP contribution is -2.10. The van der Waals surface area contributed by atoms with Crippen molar-refractivity contribution in [2.75, 3.05) is 7.11 Å². The summed E-state index contributed by atoms with van der Waals surface area (Å²) in [5.74, 6) is 1.54. The highest BCUT2D eigenvalue weighted by molar-refractivity contribution is 6.14. The Morgan fingerprint density at radius 3 is 2.96 bits per heavy atom. The van der Waals surface area contributed by atoms with Gasteiger partial charge in [0.15, 0.2) is 5.43 Å². The maximum atomic E-state index is 12.3. The Bertz CT molecular complexity index is 1290. The van der Waals surface area contributed by atoms with E-state index in [2.05, 4.69) is 22.1 Å². The van der Waals surface area contributed by atoms with E-state index in [1.807, 2.05) is 25.3 Å². The van der Waals surface area contributed by atoms with Crippen LogP contribution in [0.4, 0.5) is 0 Å². The summed E-state index contributed by atoms with van der Waals surface area (Å²) in [4.78, 5) is 20.2. The van der Waals surface area contributed by atoms with Gasteiger partial charge in [0.2, 0.25) is 0 Å². The van der Waals surface area contributed by atoms with Crippen molar-refractivity contribution in [2.24, 2.45) is 0 Å². The van der Waals surface area contributed by atoms with Crippen LogP contribution in [0.15, 0.2) is 45.9 Å². The third-order valence-electron chi connectivity index (χ3n) is 5.21. The lowest BCUT2D eigenvalue weighted by atomic mass is 9.89. The van der Waals surface area contributed by atoms with Gasteiger partial charge in [-0.25, -0.2) is 4.98 Å². The molecule has 134 valence electrons. The maximum absolute atomic E-state index is 12.3. The molecule has 1 aliphatic carbocycles. The van der Waals surface area contributed by atoms with Gasteiger partial charge >= 0.3 is 0 Å². The molecule has 0 amide bonds. The predicted molar refractivity (Wildman–Crippen MR) is 106 cm³/mol. The van der Waals surface area contributed by atoms with E-state index in [0.29, 0.717) is 12.0 Å². The van der Waals surface area contributed by atoms with Gasteiger partial charge in [0.1, 0.15) is 17.2 Å². The Morgan fingerprint density at radius 2 is 2.11 bits per heavy atom. The highest BCUT2D eigenvalue weighted by Crippen LogP contribution is 2.39. The summed E-state index contributed by atoms with van der Waals surface area (Å²) in [5.41, 5.74) is 5.72. The minimum Gasteiger partial charge on any atom is -0.495 e. The molecule has 1 aromatic carbocycles. The number of H-pyrrole nitrogens is 1. The standard InChI is InChI=1S/C22H18N2O3/c1-12-9-16-20-14(4-6-19(26-2)21(20)24-22(16)23-11-12)13-3-5-18-15(10-13)17(25)7-8-27-18/h4,6-11H,3,5H2,1-2H3,(H,23,24). The van der Waals surface area contributed by atoms with E-state index < -0.39 is 0 Å². The number of ether oxygens (including phenoxy) is 1. The summed E-state index contributed by atoms with van der Waals surface area (Å²) in [6.45, 7) is 2.03. The zero-order valence-electron chi connectivity index (χ0n) is 15.1. The number of nitrogens with zero attached hydrogens (tertiary/aromatic N) is 1. The monoisotopic (exact) mass is 358 g/mol. The van der Waals surface area contributed by atoms with E-state index in [-0.39, 0.29) is 5.43 Å². The van der Waals surface area contributed by atoms with Crippen molar-refractivity contribution in [3.8, 4) is 5.75 Å². The molecule has 5 heteroatoms. The Balaban J connectivity index is 1.84. The number of rotatable bonds is 2. The molecule has 0 saturated carbocycles. The van der Waals surface area contributed by atoms with Gasteiger partial charge in [-0.2, -0.15) is 0 Å². The number of methoxy groups -OCH3 is 1. The van der Waals surface area contributed by atoms with E-state index in [1.54, 1.807) is 7.11 Å². The summed E-state index contributed by atoms with van der Waals surface area (Å²) in [7, 11) is 1.67. The molecular formula is C22H18N2O3. The molecule has 0 bridgehead atoms. The summed E-state index contributed by atoms with van der Waals surface area (Å²) in [6, 6.07) is 7.64. The fraction of sp³-hybridized carbons (Fsp3) is 0.182. The average molecular weight is 358 g/mol. The van der Waals surface area contributed by atoms with Gasteiger partial charge in [0.25, 0.3) is 0 Å². The molecule has 1 N–H and O–H groups in total. The van der Waals surface area contributed by atoms with Crippen molar-refractivity contribution in [3.05, 3.63) is 69.4 Å². The number of hydrogen-bond acceptors (Lipinski definition) is 4. The maximum Gasteiger partial charge on any atom is 0.192 e.